The van der Waals surface area contributed by atoms with Gasteiger partial charge < -0.3 is 9.53 Å². The zero-order chi connectivity index (χ0) is 15.4. The first-order valence-electron chi connectivity index (χ1n) is 7.61. The number of hydrogen-bond acceptors (Lipinski definition) is 2. The highest BCUT2D eigenvalue weighted by atomic mass is 16.5. The lowest BCUT2D eigenvalue weighted by Crippen LogP contribution is -2.22. The SMILES string of the molecule is C[C@]1(C=O)C[C@@H](C=Cc2ccccc2)O[C@H]1c1ccccc1. The van der Waals surface area contributed by atoms with Crippen LogP contribution in [0, 0.1) is 5.41 Å². The average molecular weight is 292 g/mol. The molecular formula is C20H20O2. The van der Waals surface area contributed by atoms with E-state index in [1.54, 1.807) is 0 Å². The van der Waals surface area contributed by atoms with E-state index in [9.17, 15) is 4.79 Å². The van der Waals surface area contributed by atoms with Crippen LogP contribution in [-0.2, 0) is 9.53 Å². The maximum Gasteiger partial charge on any atom is 0.128 e. The molecule has 0 aromatic heterocycles. The third-order valence-corrected chi connectivity index (χ3v) is 4.23. The molecule has 0 unspecified atom stereocenters. The van der Waals surface area contributed by atoms with Crippen molar-refractivity contribution < 1.29 is 9.53 Å². The second kappa shape index (κ2) is 6.29. The molecule has 0 aliphatic carbocycles. The summed E-state index contributed by atoms with van der Waals surface area (Å²) in [5.41, 5.74) is 1.72. The van der Waals surface area contributed by atoms with Gasteiger partial charge in [-0.05, 0) is 24.5 Å². The highest BCUT2D eigenvalue weighted by Crippen LogP contribution is 2.46. The van der Waals surface area contributed by atoms with E-state index in [1.807, 2.05) is 55.5 Å². The van der Waals surface area contributed by atoms with Crippen LogP contribution in [0.5, 0.6) is 0 Å². The van der Waals surface area contributed by atoms with Gasteiger partial charge in [0.2, 0.25) is 0 Å². The minimum Gasteiger partial charge on any atom is -0.365 e. The Morgan fingerprint density at radius 1 is 1.05 bits per heavy atom. The van der Waals surface area contributed by atoms with Gasteiger partial charge in [-0.25, -0.2) is 0 Å². The van der Waals surface area contributed by atoms with E-state index in [1.165, 1.54) is 0 Å². The number of carbonyl (C=O) groups is 1. The van der Waals surface area contributed by atoms with Crippen molar-refractivity contribution in [3.05, 3.63) is 77.9 Å². The second-order valence-electron chi connectivity index (χ2n) is 6.06. The van der Waals surface area contributed by atoms with E-state index in [4.69, 9.17) is 4.74 Å². The zero-order valence-corrected chi connectivity index (χ0v) is 12.7. The van der Waals surface area contributed by atoms with Gasteiger partial charge in [-0.15, -0.1) is 0 Å². The summed E-state index contributed by atoms with van der Waals surface area (Å²) in [5, 5.41) is 0. The van der Waals surface area contributed by atoms with Gasteiger partial charge >= 0.3 is 0 Å². The van der Waals surface area contributed by atoms with Gasteiger partial charge in [0.1, 0.15) is 6.29 Å². The maximum atomic E-state index is 11.6. The number of aldehydes is 1. The van der Waals surface area contributed by atoms with Crippen molar-refractivity contribution >= 4 is 12.4 Å². The molecule has 3 atom stereocenters. The first-order valence-corrected chi connectivity index (χ1v) is 7.61. The highest BCUT2D eigenvalue weighted by molar-refractivity contribution is 5.62. The summed E-state index contributed by atoms with van der Waals surface area (Å²) in [6, 6.07) is 20.1. The predicted molar refractivity (Wildman–Crippen MR) is 88.3 cm³/mol. The van der Waals surface area contributed by atoms with Crippen LogP contribution in [0.15, 0.2) is 66.7 Å². The van der Waals surface area contributed by atoms with Crippen molar-refractivity contribution in [2.45, 2.75) is 25.6 Å². The summed E-state index contributed by atoms with van der Waals surface area (Å²) in [6.07, 6.45) is 5.64. The van der Waals surface area contributed by atoms with E-state index >= 15 is 0 Å². The van der Waals surface area contributed by atoms with Gasteiger partial charge in [0.15, 0.2) is 0 Å². The molecule has 2 aromatic rings. The van der Waals surface area contributed by atoms with Gasteiger partial charge in [-0.2, -0.15) is 0 Å². The lowest BCUT2D eigenvalue weighted by Gasteiger charge is -2.23. The predicted octanol–water partition coefficient (Wildman–Crippen LogP) is 4.44. The van der Waals surface area contributed by atoms with Crippen LogP contribution >= 0.6 is 0 Å². The molecule has 0 spiro atoms. The Morgan fingerprint density at radius 3 is 2.32 bits per heavy atom. The van der Waals surface area contributed by atoms with Crippen LogP contribution in [-0.4, -0.2) is 12.4 Å². The fraction of sp³-hybridized carbons (Fsp3) is 0.250. The second-order valence-corrected chi connectivity index (χ2v) is 6.06. The quantitative estimate of drug-likeness (QED) is 0.779. The molecule has 0 bridgehead atoms. The van der Waals surface area contributed by atoms with Gasteiger partial charge in [0, 0.05) is 0 Å². The highest BCUT2D eigenvalue weighted by Gasteiger charge is 2.44. The summed E-state index contributed by atoms with van der Waals surface area (Å²) in [4.78, 5) is 11.6. The van der Waals surface area contributed by atoms with Gasteiger partial charge in [0.25, 0.3) is 0 Å². The summed E-state index contributed by atoms with van der Waals surface area (Å²) in [7, 11) is 0. The third-order valence-electron chi connectivity index (χ3n) is 4.23. The Bertz CT molecular complexity index is 648. The fourth-order valence-corrected chi connectivity index (χ4v) is 3.01. The lowest BCUT2D eigenvalue weighted by molar-refractivity contribution is -0.118. The van der Waals surface area contributed by atoms with Gasteiger partial charge in [-0.3, -0.25) is 0 Å². The summed E-state index contributed by atoms with van der Waals surface area (Å²) in [6.45, 7) is 1.98. The Labute approximate surface area is 131 Å². The standard InChI is InChI=1S/C20H20O2/c1-20(15-21)14-18(13-12-16-8-4-2-5-9-16)22-19(20)17-10-6-3-7-11-17/h2-13,15,18-19H,14H2,1H3/t18-,19+,20-/m1/s1. The largest absolute Gasteiger partial charge is 0.365 e. The monoisotopic (exact) mass is 292 g/mol. The van der Waals surface area contributed by atoms with E-state index < -0.39 is 5.41 Å². The number of hydrogen-bond donors (Lipinski definition) is 0. The van der Waals surface area contributed by atoms with Crippen molar-refractivity contribution in [3.8, 4) is 0 Å². The molecule has 2 aromatic carbocycles. The van der Waals surface area contributed by atoms with Crippen molar-refractivity contribution in [2.75, 3.05) is 0 Å². The maximum absolute atomic E-state index is 11.6. The average Bonchev–Trinajstić information content (AvgIpc) is 2.92. The normalized spacial score (nSPS) is 28.0. The van der Waals surface area contributed by atoms with Crippen molar-refractivity contribution in [1.82, 2.24) is 0 Å². The number of rotatable bonds is 4. The molecule has 1 aliphatic rings. The molecule has 0 saturated carbocycles. The first kappa shape index (κ1) is 14.7. The molecule has 1 aliphatic heterocycles. The molecule has 0 amide bonds. The van der Waals surface area contributed by atoms with Crippen molar-refractivity contribution in [1.29, 1.82) is 0 Å². The van der Waals surface area contributed by atoms with E-state index in [2.05, 4.69) is 24.3 Å². The Balaban J connectivity index is 1.80. The molecular weight excluding hydrogens is 272 g/mol. The first-order chi connectivity index (χ1) is 10.7. The summed E-state index contributed by atoms with van der Waals surface area (Å²) >= 11 is 0. The van der Waals surface area contributed by atoms with Crippen LogP contribution in [0.4, 0.5) is 0 Å². The third kappa shape index (κ3) is 3.02. The molecule has 1 fully saturated rings. The zero-order valence-electron chi connectivity index (χ0n) is 12.7. The van der Waals surface area contributed by atoms with Crippen LogP contribution in [0.3, 0.4) is 0 Å². The Morgan fingerprint density at radius 2 is 1.68 bits per heavy atom. The molecule has 2 heteroatoms. The number of carbonyl (C=O) groups excluding carboxylic acids is 1. The van der Waals surface area contributed by atoms with Crippen LogP contribution < -0.4 is 0 Å². The number of benzene rings is 2. The minimum absolute atomic E-state index is 0.0411. The molecule has 2 nitrogen and oxygen atoms in total. The molecule has 22 heavy (non-hydrogen) atoms. The molecule has 0 radical (unpaired) electrons. The summed E-state index contributed by atoms with van der Waals surface area (Å²) < 4.78 is 6.16. The van der Waals surface area contributed by atoms with E-state index in [0.717, 1.165) is 17.4 Å². The van der Waals surface area contributed by atoms with Crippen molar-refractivity contribution in [3.63, 3.8) is 0 Å². The van der Waals surface area contributed by atoms with Crippen LogP contribution in [0.1, 0.15) is 30.6 Å². The van der Waals surface area contributed by atoms with E-state index in [0.29, 0.717) is 6.42 Å². The minimum atomic E-state index is -0.479. The molecule has 1 saturated heterocycles. The summed E-state index contributed by atoms with van der Waals surface area (Å²) in [5.74, 6) is 0. The van der Waals surface area contributed by atoms with Gasteiger partial charge in [-0.1, -0.05) is 72.8 Å². The van der Waals surface area contributed by atoms with Gasteiger partial charge in [0.05, 0.1) is 17.6 Å². The topological polar surface area (TPSA) is 26.3 Å². The van der Waals surface area contributed by atoms with Crippen molar-refractivity contribution in [2.24, 2.45) is 5.41 Å². The number of ether oxygens (including phenoxy) is 1. The Kier molecular flexibility index (Phi) is 4.21. The Hall–Kier alpha value is -2.19. The molecule has 1 heterocycles. The smallest absolute Gasteiger partial charge is 0.128 e. The van der Waals surface area contributed by atoms with Crippen LogP contribution in [0.2, 0.25) is 0 Å². The van der Waals surface area contributed by atoms with Crippen LogP contribution in [0.25, 0.3) is 6.08 Å². The molecule has 0 N–H and O–H groups in total. The van der Waals surface area contributed by atoms with E-state index in [-0.39, 0.29) is 12.2 Å². The molecule has 112 valence electrons. The fourth-order valence-electron chi connectivity index (χ4n) is 3.01. The molecule has 3 rings (SSSR count). The lowest BCUT2D eigenvalue weighted by atomic mass is 9.80.